The van der Waals surface area contributed by atoms with Gasteiger partial charge in [0.2, 0.25) is 5.89 Å². The smallest absolute Gasteiger partial charge is 0.251 e. The van der Waals surface area contributed by atoms with Crippen LogP contribution in [0.3, 0.4) is 0 Å². The molecular formula is C13H15ClN2O3. The van der Waals surface area contributed by atoms with Crippen molar-refractivity contribution in [3.05, 3.63) is 24.1 Å². The maximum absolute atomic E-state index is 5.64. The molecule has 6 heteroatoms. The van der Waals surface area contributed by atoms with Crippen LogP contribution in [0, 0.1) is 0 Å². The quantitative estimate of drug-likeness (QED) is 0.763. The van der Waals surface area contributed by atoms with Crippen molar-refractivity contribution in [2.75, 3.05) is 20.1 Å². The SMILES string of the molecule is COc1ccc(OC)c(-c2nnc(CCCCl)o2)c1. The Hall–Kier alpha value is -1.75. The van der Waals surface area contributed by atoms with Gasteiger partial charge >= 0.3 is 0 Å². The van der Waals surface area contributed by atoms with Gasteiger partial charge in [-0.25, -0.2) is 0 Å². The van der Waals surface area contributed by atoms with E-state index in [0.717, 1.165) is 6.42 Å². The van der Waals surface area contributed by atoms with Crippen LogP contribution in [0.1, 0.15) is 12.3 Å². The van der Waals surface area contributed by atoms with Crippen LogP contribution in [-0.4, -0.2) is 30.3 Å². The summed E-state index contributed by atoms with van der Waals surface area (Å²) in [5, 5.41) is 8.02. The highest BCUT2D eigenvalue weighted by atomic mass is 35.5. The predicted octanol–water partition coefficient (Wildman–Crippen LogP) is 2.93. The minimum atomic E-state index is 0.417. The molecule has 0 N–H and O–H groups in total. The Kier molecular flexibility index (Phi) is 4.63. The average molecular weight is 283 g/mol. The third-order valence-corrected chi connectivity index (χ3v) is 2.90. The maximum Gasteiger partial charge on any atom is 0.251 e. The van der Waals surface area contributed by atoms with E-state index in [2.05, 4.69) is 10.2 Å². The van der Waals surface area contributed by atoms with Gasteiger partial charge in [0.25, 0.3) is 5.89 Å². The Labute approximate surface area is 116 Å². The van der Waals surface area contributed by atoms with E-state index in [-0.39, 0.29) is 0 Å². The van der Waals surface area contributed by atoms with Crippen LogP contribution < -0.4 is 9.47 Å². The van der Waals surface area contributed by atoms with Crippen LogP contribution in [0.4, 0.5) is 0 Å². The molecule has 0 atom stereocenters. The fourth-order valence-corrected chi connectivity index (χ4v) is 1.80. The zero-order valence-corrected chi connectivity index (χ0v) is 11.6. The van der Waals surface area contributed by atoms with Gasteiger partial charge in [-0.3, -0.25) is 0 Å². The number of halogens is 1. The van der Waals surface area contributed by atoms with Gasteiger partial charge in [-0.15, -0.1) is 21.8 Å². The predicted molar refractivity (Wildman–Crippen MR) is 71.9 cm³/mol. The second kappa shape index (κ2) is 6.43. The molecule has 0 saturated heterocycles. The molecule has 0 unspecified atom stereocenters. The number of alkyl halides is 1. The number of aryl methyl sites for hydroxylation is 1. The summed E-state index contributed by atoms with van der Waals surface area (Å²) in [6.45, 7) is 0. The molecule has 0 aliphatic rings. The zero-order valence-electron chi connectivity index (χ0n) is 10.9. The van der Waals surface area contributed by atoms with Crippen molar-refractivity contribution in [2.24, 2.45) is 0 Å². The van der Waals surface area contributed by atoms with Crippen LogP contribution in [-0.2, 0) is 6.42 Å². The third kappa shape index (κ3) is 3.17. The van der Waals surface area contributed by atoms with E-state index in [1.165, 1.54) is 0 Å². The maximum atomic E-state index is 5.64. The third-order valence-electron chi connectivity index (χ3n) is 2.63. The summed E-state index contributed by atoms with van der Waals surface area (Å²) < 4.78 is 16.1. The molecule has 0 fully saturated rings. The molecule has 0 amide bonds. The van der Waals surface area contributed by atoms with Crippen LogP contribution in [0.25, 0.3) is 11.5 Å². The van der Waals surface area contributed by atoms with E-state index in [9.17, 15) is 0 Å². The van der Waals surface area contributed by atoms with E-state index in [0.29, 0.717) is 41.1 Å². The number of methoxy groups -OCH3 is 2. The van der Waals surface area contributed by atoms with Gasteiger partial charge in [0, 0.05) is 12.3 Å². The van der Waals surface area contributed by atoms with E-state index >= 15 is 0 Å². The minimum absolute atomic E-state index is 0.417. The van der Waals surface area contributed by atoms with Crippen molar-refractivity contribution in [3.63, 3.8) is 0 Å². The largest absolute Gasteiger partial charge is 0.497 e. The highest BCUT2D eigenvalue weighted by Gasteiger charge is 2.14. The Morgan fingerprint density at radius 3 is 2.74 bits per heavy atom. The standard InChI is InChI=1S/C13H15ClN2O3/c1-17-9-5-6-11(18-2)10(8-9)13-16-15-12(19-13)4-3-7-14/h5-6,8H,3-4,7H2,1-2H3. The molecule has 1 aromatic carbocycles. The molecule has 0 radical (unpaired) electrons. The molecule has 102 valence electrons. The van der Waals surface area contributed by atoms with E-state index in [1.54, 1.807) is 26.4 Å². The number of hydrogen-bond donors (Lipinski definition) is 0. The number of nitrogens with zero attached hydrogens (tertiary/aromatic N) is 2. The van der Waals surface area contributed by atoms with Crippen LogP contribution in [0.5, 0.6) is 11.5 Å². The summed E-state index contributed by atoms with van der Waals surface area (Å²) in [5.41, 5.74) is 0.714. The first-order chi connectivity index (χ1) is 9.28. The van der Waals surface area contributed by atoms with Gasteiger partial charge in [-0.2, -0.15) is 0 Å². The summed E-state index contributed by atoms with van der Waals surface area (Å²) in [6.07, 6.45) is 1.47. The Morgan fingerprint density at radius 2 is 2.05 bits per heavy atom. The van der Waals surface area contributed by atoms with Crippen molar-refractivity contribution >= 4 is 11.6 Å². The fourth-order valence-electron chi connectivity index (χ4n) is 1.66. The minimum Gasteiger partial charge on any atom is -0.497 e. The van der Waals surface area contributed by atoms with Crippen LogP contribution in [0.2, 0.25) is 0 Å². The number of hydrogen-bond acceptors (Lipinski definition) is 5. The topological polar surface area (TPSA) is 57.4 Å². The van der Waals surface area contributed by atoms with Gasteiger partial charge in [0.15, 0.2) is 0 Å². The van der Waals surface area contributed by atoms with Crippen molar-refractivity contribution in [3.8, 4) is 23.0 Å². The fraction of sp³-hybridized carbons (Fsp3) is 0.385. The normalized spacial score (nSPS) is 10.5. The Morgan fingerprint density at radius 1 is 1.21 bits per heavy atom. The van der Waals surface area contributed by atoms with Crippen molar-refractivity contribution < 1.29 is 13.9 Å². The summed E-state index contributed by atoms with van der Waals surface area (Å²) in [4.78, 5) is 0. The van der Waals surface area contributed by atoms with Gasteiger partial charge in [-0.1, -0.05) is 0 Å². The van der Waals surface area contributed by atoms with E-state index < -0.39 is 0 Å². The number of benzene rings is 1. The molecule has 1 heterocycles. The zero-order chi connectivity index (χ0) is 13.7. The molecule has 0 bridgehead atoms. The molecule has 0 aliphatic carbocycles. The van der Waals surface area contributed by atoms with E-state index in [1.807, 2.05) is 6.07 Å². The lowest BCUT2D eigenvalue weighted by Crippen LogP contribution is -1.90. The molecule has 0 spiro atoms. The van der Waals surface area contributed by atoms with Crippen molar-refractivity contribution in [1.29, 1.82) is 0 Å². The molecule has 5 nitrogen and oxygen atoms in total. The lowest BCUT2D eigenvalue weighted by molar-refractivity contribution is 0.402. The first kappa shape index (κ1) is 13.7. The molecule has 2 aromatic rings. The summed E-state index contributed by atoms with van der Waals surface area (Å²) in [7, 11) is 3.20. The molecule has 0 saturated carbocycles. The van der Waals surface area contributed by atoms with Crippen LogP contribution in [0.15, 0.2) is 22.6 Å². The molecule has 19 heavy (non-hydrogen) atoms. The monoisotopic (exact) mass is 282 g/mol. The van der Waals surface area contributed by atoms with Crippen molar-refractivity contribution in [2.45, 2.75) is 12.8 Å². The second-order valence-electron chi connectivity index (χ2n) is 3.86. The number of rotatable bonds is 6. The molecule has 2 rings (SSSR count). The van der Waals surface area contributed by atoms with Crippen molar-refractivity contribution in [1.82, 2.24) is 10.2 Å². The highest BCUT2D eigenvalue weighted by molar-refractivity contribution is 6.17. The lowest BCUT2D eigenvalue weighted by atomic mass is 10.2. The highest BCUT2D eigenvalue weighted by Crippen LogP contribution is 2.32. The first-order valence-electron chi connectivity index (χ1n) is 5.89. The van der Waals surface area contributed by atoms with Crippen LogP contribution >= 0.6 is 11.6 Å². The van der Waals surface area contributed by atoms with Gasteiger partial charge in [-0.05, 0) is 24.6 Å². The number of aromatic nitrogens is 2. The summed E-state index contributed by atoms with van der Waals surface area (Å²) in [6, 6.07) is 5.42. The van der Waals surface area contributed by atoms with E-state index in [4.69, 9.17) is 25.5 Å². The van der Waals surface area contributed by atoms with Gasteiger partial charge in [0.1, 0.15) is 11.5 Å². The Bertz CT molecular complexity index is 542. The number of ether oxygens (including phenoxy) is 2. The van der Waals surface area contributed by atoms with Gasteiger partial charge < -0.3 is 13.9 Å². The summed E-state index contributed by atoms with van der Waals surface area (Å²) >= 11 is 5.64. The molecule has 0 aliphatic heterocycles. The molecular weight excluding hydrogens is 268 g/mol. The molecule has 1 aromatic heterocycles. The average Bonchev–Trinajstić information content (AvgIpc) is 2.93. The summed E-state index contributed by atoms with van der Waals surface area (Å²) in [5.74, 6) is 2.92. The first-order valence-corrected chi connectivity index (χ1v) is 6.42. The second-order valence-corrected chi connectivity index (χ2v) is 4.24. The Balaban J connectivity index is 2.31. The lowest BCUT2D eigenvalue weighted by Gasteiger charge is -2.07. The van der Waals surface area contributed by atoms with Gasteiger partial charge in [0.05, 0.1) is 19.8 Å².